The van der Waals surface area contributed by atoms with Crippen LogP contribution in [0.2, 0.25) is 0 Å². The van der Waals surface area contributed by atoms with Crippen LogP contribution < -0.4 is 0 Å². The SMILES string of the molecule is c1ccc(-c2cc3ccc4c(ccc5cc(-c6cc7ccc8c(ccc9cc(-c%10ccccc%10)sc98)c7s6)sc54)c3s2)cc1. The third-order valence-corrected chi connectivity index (χ3v) is 13.7. The Morgan fingerprint density at radius 1 is 0.273 bits per heavy atom. The fourth-order valence-corrected chi connectivity index (χ4v) is 11.4. The van der Waals surface area contributed by atoms with Crippen LogP contribution in [-0.4, -0.2) is 0 Å². The molecule has 0 saturated carbocycles. The molecule has 0 radical (unpaired) electrons. The summed E-state index contributed by atoms with van der Waals surface area (Å²) >= 11 is 7.67. The molecule has 4 heterocycles. The smallest absolute Gasteiger partial charge is 0.0455 e. The van der Waals surface area contributed by atoms with Gasteiger partial charge in [-0.2, -0.15) is 0 Å². The van der Waals surface area contributed by atoms with Gasteiger partial charge in [-0.1, -0.05) is 109 Å². The van der Waals surface area contributed by atoms with E-state index < -0.39 is 0 Å². The second-order valence-electron chi connectivity index (χ2n) is 11.3. The average molecular weight is 631 g/mol. The van der Waals surface area contributed by atoms with Crippen molar-refractivity contribution in [3.63, 3.8) is 0 Å². The lowest BCUT2D eigenvalue weighted by Gasteiger charge is -2.01. The Bertz CT molecular complexity index is 2510. The van der Waals surface area contributed by atoms with E-state index in [4.69, 9.17) is 0 Å². The van der Waals surface area contributed by atoms with Gasteiger partial charge in [-0.05, 0) is 56.9 Å². The van der Waals surface area contributed by atoms with Crippen LogP contribution in [0, 0.1) is 0 Å². The van der Waals surface area contributed by atoms with Gasteiger partial charge in [0.15, 0.2) is 0 Å². The molecule has 4 heteroatoms. The minimum atomic E-state index is 1.29. The van der Waals surface area contributed by atoms with Crippen LogP contribution in [0.5, 0.6) is 0 Å². The number of thiophene rings is 4. The molecule has 0 nitrogen and oxygen atoms in total. The molecular weight excluding hydrogens is 609 g/mol. The highest BCUT2D eigenvalue weighted by Gasteiger charge is 2.16. The predicted octanol–water partition coefficient (Wildman–Crippen LogP) is 13.9. The first-order valence-corrected chi connectivity index (χ1v) is 17.9. The van der Waals surface area contributed by atoms with Gasteiger partial charge in [-0.15, -0.1) is 45.3 Å². The van der Waals surface area contributed by atoms with Crippen molar-refractivity contribution in [3.8, 4) is 30.6 Å². The molecule has 0 spiro atoms. The van der Waals surface area contributed by atoms with Crippen molar-refractivity contribution < 1.29 is 0 Å². The van der Waals surface area contributed by atoms with E-state index in [1.165, 1.54) is 92.5 Å². The van der Waals surface area contributed by atoms with Crippen molar-refractivity contribution in [1.82, 2.24) is 0 Å². The monoisotopic (exact) mass is 630 g/mol. The summed E-state index contributed by atoms with van der Waals surface area (Å²) in [6.07, 6.45) is 0. The van der Waals surface area contributed by atoms with Gasteiger partial charge in [0.25, 0.3) is 0 Å². The molecule has 0 amide bonds. The minimum absolute atomic E-state index is 1.29. The topological polar surface area (TPSA) is 0 Å². The minimum Gasteiger partial charge on any atom is -0.135 e. The Labute approximate surface area is 269 Å². The molecule has 10 aromatic rings. The molecule has 0 unspecified atom stereocenters. The largest absolute Gasteiger partial charge is 0.135 e. The van der Waals surface area contributed by atoms with Crippen molar-refractivity contribution in [2.45, 2.75) is 0 Å². The molecule has 0 fully saturated rings. The Balaban J connectivity index is 1.10. The van der Waals surface area contributed by atoms with E-state index in [0.29, 0.717) is 0 Å². The maximum Gasteiger partial charge on any atom is 0.0455 e. The van der Waals surface area contributed by atoms with Gasteiger partial charge in [0, 0.05) is 59.9 Å². The normalized spacial score (nSPS) is 12.1. The zero-order chi connectivity index (χ0) is 28.8. The molecule has 0 aliphatic heterocycles. The number of benzene rings is 6. The molecule has 0 saturated heterocycles. The Morgan fingerprint density at radius 2 is 0.568 bits per heavy atom. The molecule has 0 bridgehead atoms. The summed E-state index contributed by atoms with van der Waals surface area (Å²) in [6.45, 7) is 0. The molecule has 0 aliphatic carbocycles. The third-order valence-electron chi connectivity index (χ3n) is 8.68. The van der Waals surface area contributed by atoms with Gasteiger partial charge in [0.2, 0.25) is 0 Å². The zero-order valence-electron chi connectivity index (χ0n) is 23.3. The van der Waals surface area contributed by atoms with Gasteiger partial charge in [-0.3, -0.25) is 0 Å². The first kappa shape index (κ1) is 25.1. The van der Waals surface area contributed by atoms with Gasteiger partial charge in [0.05, 0.1) is 0 Å². The average Bonchev–Trinajstić information content (AvgIpc) is 3.88. The second kappa shape index (κ2) is 9.59. The van der Waals surface area contributed by atoms with Crippen molar-refractivity contribution in [2.75, 3.05) is 0 Å². The molecule has 6 aromatic carbocycles. The summed E-state index contributed by atoms with van der Waals surface area (Å²) < 4.78 is 5.51. The molecular formula is C40H22S4. The van der Waals surface area contributed by atoms with E-state index in [2.05, 4.69) is 133 Å². The van der Waals surface area contributed by atoms with Crippen LogP contribution in [0.25, 0.3) is 92.5 Å². The first-order valence-electron chi connectivity index (χ1n) is 14.7. The summed E-state index contributed by atoms with van der Waals surface area (Å²) in [5, 5.41) is 10.7. The molecule has 10 rings (SSSR count). The Morgan fingerprint density at radius 3 is 0.909 bits per heavy atom. The van der Waals surface area contributed by atoms with Crippen LogP contribution in [0.3, 0.4) is 0 Å². The maximum absolute atomic E-state index is 2.39. The van der Waals surface area contributed by atoms with E-state index >= 15 is 0 Å². The number of fused-ring (bicyclic) bond motifs is 10. The predicted molar refractivity (Wildman–Crippen MR) is 199 cm³/mol. The van der Waals surface area contributed by atoms with Crippen LogP contribution in [0.4, 0.5) is 0 Å². The standard InChI is InChI=1S/C40H22S4/c1-3-7-23(8-4-1)33-19-25-11-15-31-29(37(25)41-33)17-13-27-21-35(43-39(27)31)36-22-28-14-18-30-32(40(28)44-36)16-12-26-20-34(42-38(26)30)24-9-5-2-6-10-24/h1-22H. The molecule has 0 atom stereocenters. The third kappa shape index (κ3) is 3.79. The summed E-state index contributed by atoms with van der Waals surface area (Å²) in [7, 11) is 0. The summed E-state index contributed by atoms with van der Waals surface area (Å²) in [6, 6.07) is 49.5. The fraction of sp³-hybridized carbons (Fsp3) is 0. The Kier molecular flexibility index (Phi) is 5.46. The molecule has 0 aliphatic rings. The lowest BCUT2D eigenvalue weighted by molar-refractivity contribution is 1.70. The lowest BCUT2D eigenvalue weighted by Crippen LogP contribution is -1.73. The van der Waals surface area contributed by atoms with Gasteiger partial charge in [-0.25, -0.2) is 0 Å². The van der Waals surface area contributed by atoms with Crippen LogP contribution >= 0.6 is 45.3 Å². The second-order valence-corrected chi connectivity index (χ2v) is 15.5. The lowest BCUT2D eigenvalue weighted by atomic mass is 10.1. The summed E-state index contributed by atoms with van der Waals surface area (Å²) in [5.41, 5.74) is 2.57. The molecule has 206 valence electrons. The first-order chi connectivity index (χ1) is 21.8. The van der Waals surface area contributed by atoms with Gasteiger partial charge >= 0.3 is 0 Å². The van der Waals surface area contributed by atoms with E-state index in [1.807, 2.05) is 45.3 Å². The van der Waals surface area contributed by atoms with Crippen LogP contribution in [0.1, 0.15) is 0 Å². The van der Waals surface area contributed by atoms with Gasteiger partial charge in [0.1, 0.15) is 0 Å². The molecule has 0 N–H and O–H groups in total. The number of hydrogen-bond acceptors (Lipinski definition) is 4. The van der Waals surface area contributed by atoms with Gasteiger partial charge < -0.3 is 0 Å². The van der Waals surface area contributed by atoms with Crippen molar-refractivity contribution in [1.29, 1.82) is 0 Å². The quantitative estimate of drug-likeness (QED) is 0.182. The highest BCUT2D eigenvalue weighted by molar-refractivity contribution is 7.29. The zero-order valence-corrected chi connectivity index (χ0v) is 26.6. The highest BCUT2D eigenvalue weighted by atomic mass is 32.1. The fourth-order valence-electron chi connectivity index (χ4n) is 6.53. The molecule has 44 heavy (non-hydrogen) atoms. The summed E-state index contributed by atoms with van der Waals surface area (Å²) in [5.74, 6) is 0. The van der Waals surface area contributed by atoms with Crippen LogP contribution in [0.15, 0.2) is 133 Å². The number of rotatable bonds is 3. The van der Waals surface area contributed by atoms with E-state index in [-0.39, 0.29) is 0 Å². The van der Waals surface area contributed by atoms with E-state index in [9.17, 15) is 0 Å². The highest BCUT2D eigenvalue weighted by Crippen LogP contribution is 2.47. The van der Waals surface area contributed by atoms with Crippen molar-refractivity contribution in [3.05, 3.63) is 133 Å². The van der Waals surface area contributed by atoms with E-state index in [1.54, 1.807) is 0 Å². The summed E-state index contributed by atoms with van der Waals surface area (Å²) in [4.78, 5) is 5.35. The Hall–Kier alpha value is -4.32. The maximum atomic E-state index is 2.39. The molecule has 4 aromatic heterocycles. The number of hydrogen-bond donors (Lipinski definition) is 0. The van der Waals surface area contributed by atoms with Crippen LogP contribution in [-0.2, 0) is 0 Å². The van der Waals surface area contributed by atoms with Crippen molar-refractivity contribution >= 4 is 107 Å². The van der Waals surface area contributed by atoms with Crippen molar-refractivity contribution in [2.24, 2.45) is 0 Å². The van der Waals surface area contributed by atoms with E-state index in [0.717, 1.165) is 0 Å².